The van der Waals surface area contributed by atoms with Crippen LogP contribution in [0.25, 0.3) is 0 Å². The molecule has 8 nitrogen and oxygen atoms in total. The number of ether oxygens (including phenoxy) is 1. The highest BCUT2D eigenvalue weighted by atomic mass is 19.1. The molecule has 0 bridgehead atoms. The van der Waals surface area contributed by atoms with Gasteiger partial charge >= 0.3 is 11.9 Å². The summed E-state index contributed by atoms with van der Waals surface area (Å²) >= 11 is 0. The van der Waals surface area contributed by atoms with E-state index in [1.54, 1.807) is 6.92 Å². The molecule has 0 radical (unpaired) electrons. The normalized spacial score (nSPS) is 12.8. The molecule has 0 aliphatic rings. The molecule has 1 aromatic rings. The average Bonchev–Trinajstić information content (AvgIpc) is 2.61. The van der Waals surface area contributed by atoms with Gasteiger partial charge in [0.1, 0.15) is 17.9 Å². The van der Waals surface area contributed by atoms with Gasteiger partial charge in [0, 0.05) is 19.4 Å². The SMILES string of the molecule is CCOC(=O)/C=C/C[C@@H](NC(=O)[C@H](Cc1ccc(F)cc1)NC(C)=O)C(=O)O. The minimum atomic E-state index is -1.30. The molecule has 3 N–H and O–H groups in total. The second-order valence-corrected chi connectivity index (χ2v) is 5.87. The van der Waals surface area contributed by atoms with E-state index in [9.17, 15) is 28.7 Å². The maximum Gasteiger partial charge on any atom is 0.330 e. The number of carboxylic acid groups (broad SMARTS) is 1. The number of benzene rings is 1. The molecule has 2 atom stereocenters. The molecule has 0 aliphatic heterocycles. The molecule has 1 rings (SSSR count). The fourth-order valence-electron chi connectivity index (χ4n) is 2.30. The first-order valence-corrected chi connectivity index (χ1v) is 8.61. The summed E-state index contributed by atoms with van der Waals surface area (Å²) in [6.45, 7) is 3.04. The van der Waals surface area contributed by atoms with E-state index in [1.807, 2.05) is 0 Å². The van der Waals surface area contributed by atoms with Crippen LogP contribution < -0.4 is 10.6 Å². The lowest BCUT2D eigenvalue weighted by Crippen LogP contribution is -2.52. The van der Waals surface area contributed by atoms with E-state index < -0.39 is 41.7 Å². The predicted octanol–water partition coefficient (Wildman–Crippen LogP) is 0.952. The topological polar surface area (TPSA) is 122 Å². The number of carboxylic acids is 1. The minimum Gasteiger partial charge on any atom is -0.480 e. The van der Waals surface area contributed by atoms with Gasteiger partial charge in [0.25, 0.3) is 0 Å². The van der Waals surface area contributed by atoms with E-state index >= 15 is 0 Å². The van der Waals surface area contributed by atoms with Crippen LogP contribution in [0.15, 0.2) is 36.4 Å². The lowest BCUT2D eigenvalue weighted by atomic mass is 10.0. The molecule has 28 heavy (non-hydrogen) atoms. The lowest BCUT2D eigenvalue weighted by Gasteiger charge is -2.20. The van der Waals surface area contributed by atoms with E-state index in [-0.39, 0.29) is 19.4 Å². The highest BCUT2D eigenvalue weighted by Gasteiger charge is 2.25. The van der Waals surface area contributed by atoms with Crippen molar-refractivity contribution in [3.05, 3.63) is 47.8 Å². The van der Waals surface area contributed by atoms with E-state index in [4.69, 9.17) is 0 Å². The Labute approximate surface area is 161 Å². The number of amides is 2. The monoisotopic (exact) mass is 394 g/mol. The predicted molar refractivity (Wildman–Crippen MR) is 97.7 cm³/mol. The molecule has 9 heteroatoms. The fraction of sp³-hybridized carbons (Fsp3) is 0.368. The Morgan fingerprint density at radius 3 is 2.32 bits per heavy atom. The van der Waals surface area contributed by atoms with Crippen LogP contribution in [-0.4, -0.2) is 47.6 Å². The van der Waals surface area contributed by atoms with E-state index in [0.717, 1.165) is 6.08 Å². The van der Waals surface area contributed by atoms with E-state index in [1.165, 1.54) is 37.3 Å². The van der Waals surface area contributed by atoms with Crippen LogP contribution in [0.5, 0.6) is 0 Å². The number of hydrogen-bond donors (Lipinski definition) is 3. The Hall–Kier alpha value is -3.23. The lowest BCUT2D eigenvalue weighted by molar-refractivity contribution is -0.142. The quantitative estimate of drug-likeness (QED) is 0.401. The Morgan fingerprint density at radius 2 is 1.79 bits per heavy atom. The van der Waals surface area contributed by atoms with Gasteiger partial charge in [-0.15, -0.1) is 0 Å². The Bertz CT molecular complexity index is 732. The van der Waals surface area contributed by atoms with Crippen molar-refractivity contribution < 1.29 is 33.4 Å². The molecule has 0 aliphatic carbocycles. The first-order chi connectivity index (χ1) is 13.2. The second-order valence-electron chi connectivity index (χ2n) is 5.87. The largest absolute Gasteiger partial charge is 0.480 e. The number of hydrogen-bond acceptors (Lipinski definition) is 5. The number of nitrogens with one attached hydrogen (secondary N) is 2. The van der Waals surface area contributed by atoms with Gasteiger partial charge in [0.15, 0.2) is 0 Å². The zero-order chi connectivity index (χ0) is 21.1. The summed E-state index contributed by atoms with van der Waals surface area (Å²) in [5, 5.41) is 14.1. The maximum absolute atomic E-state index is 13.0. The third-order valence-electron chi connectivity index (χ3n) is 3.57. The standard InChI is InChI=1S/C19H23FN2O6/c1-3-28-17(24)6-4-5-15(19(26)27)22-18(25)16(21-12(2)23)11-13-7-9-14(20)10-8-13/h4,6-10,15-16H,3,5,11H2,1-2H3,(H,21,23)(H,22,25)(H,26,27)/b6-4+/t15-,16+/m1/s1. The molecule has 0 heterocycles. The summed E-state index contributed by atoms with van der Waals surface area (Å²) < 4.78 is 17.7. The first-order valence-electron chi connectivity index (χ1n) is 8.61. The third-order valence-corrected chi connectivity index (χ3v) is 3.57. The average molecular weight is 394 g/mol. The molecule has 0 aromatic heterocycles. The number of aliphatic carboxylic acids is 1. The van der Waals surface area contributed by atoms with E-state index in [0.29, 0.717) is 5.56 Å². The van der Waals surface area contributed by atoms with Crippen molar-refractivity contribution in [2.24, 2.45) is 0 Å². The summed E-state index contributed by atoms with van der Waals surface area (Å²) in [5.41, 5.74) is 0.587. The van der Waals surface area contributed by atoms with Crippen LogP contribution in [0.3, 0.4) is 0 Å². The highest BCUT2D eigenvalue weighted by Crippen LogP contribution is 2.07. The van der Waals surface area contributed by atoms with Crippen LogP contribution >= 0.6 is 0 Å². The van der Waals surface area contributed by atoms with Gasteiger partial charge in [-0.25, -0.2) is 14.0 Å². The van der Waals surface area contributed by atoms with Crippen molar-refractivity contribution in [1.82, 2.24) is 10.6 Å². The molecular weight excluding hydrogens is 371 g/mol. The van der Waals surface area contributed by atoms with Crippen LogP contribution in [0, 0.1) is 5.82 Å². The van der Waals surface area contributed by atoms with Gasteiger partial charge in [-0.05, 0) is 31.0 Å². The fourth-order valence-corrected chi connectivity index (χ4v) is 2.30. The number of halogens is 1. The van der Waals surface area contributed by atoms with Crippen LogP contribution in [-0.2, 0) is 30.3 Å². The molecule has 0 spiro atoms. The van der Waals surface area contributed by atoms with Crippen molar-refractivity contribution in [2.75, 3.05) is 6.61 Å². The number of esters is 1. The van der Waals surface area contributed by atoms with Gasteiger partial charge < -0.3 is 20.5 Å². The van der Waals surface area contributed by atoms with Gasteiger partial charge in [0.2, 0.25) is 11.8 Å². The molecule has 0 saturated heterocycles. The molecular formula is C19H23FN2O6. The molecule has 1 aromatic carbocycles. The van der Waals surface area contributed by atoms with Crippen molar-refractivity contribution in [3.8, 4) is 0 Å². The summed E-state index contributed by atoms with van der Waals surface area (Å²) in [6, 6.07) is 3.03. The zero-order valence-electron chi connectivity index (χ0n) is 15.6. The Kier molecular flexibility index (Phi) is 9.35. The third kappa shape index (κ3) is 8.43. The van der Waals surface area contributed by atoms with Crippen LogP contribution in [0.1, 0.15) is 25.8 Å². The van der Waals surface area contributed by atoms with Gasteiger partial charge in [-0.3, -0.25) is 9.59 Å². The van der Waals surface area contributed by atoms with Crippen LogP contribution in [0.4, 0.5) is 4.39 Å². The second kappa shape index (κ2) is 11.5. The van der Waals surface area contributed by atoms with Gasteiger partial charge in [-0.2, -0.15) is 0 Å². The number of carbonyl (C=O) groups is 4. The number of rotatable bonds is 10. The summed E-state index contributed by atoms with van der Waals surface area (Å²) in [4.78, 5) is 46.5. The molecule has 2 amide bonds. The first kappa shape index (κ1) is 22.8. The Balaban J connectivity index is 2.81. The highest BCUT2D eigenvalue weighted by molar-refractivity contribution is 5.90. The summed E-state index contributed by atoms with van der Waals surface area (Å²) in [6.07, 6.45) is 2.26. The van der Waals surface area contributed by atoms with Crippen molar-refractivity contribution >= 4 is 23.8 Å². The van der Waals surface area contributed by atoms with Crippen molar-refractivity contribution in [2.45, 2.75) is 38.8 Å². The van der Waals surface area contributed by atoms with Gasteiger partial charge in [0.05, 0.1) is 6.61 Å². The smallest absolute Gasteiger partial charge is 0.330 e. The Morgan fingerprint density at radius 1 is 1.14 bits per heavy atom. The molecule has 0 fully saturated rings. The molecule has 0 saturated carbocycles. The summed E-state index contributed by atoms with van der Waals surface area (Å²) in [7, 11) is 0. The van der Waals surface area contributed by atoms with Crippen molar-refractivity contribution in [1.29, 1.82) is 0 Å². The molecule has 0 unspecified atom stereocenters. The summed E-state index contributed by atoms with van der Waals surface area (Å²) in [5.74, 6) is -3.55. The zero-order valence-corrected chi connectivity index (χ0v) is 15.6. The minimum absolute atomic E-state index is 0.0523. The maximum atomic E-state index is 13.0. The number of carbonyl (C=O) groups excluding carboxylic acids is 3. The van der Waals surface area contributed by atoms with Gasteiger partial charge in [-0.1, -0.05) is 18.2 Å². The molecule has 152 valence electrons. The van der Waals surface area contributed by atoms with Crippen LogP contribution in [0.2, 0.25) is 0 Å². The van der Waals surface area contributed by atoms with E-state index in [2.05, 4.69) is 15.4 Å². The van der Waals surface area contributed by atoms with Crippen molar-refractivity contribution in [3.63, 3.8) is 0 Å².